The van der Waals surface area contributed by atoms with Crippen LogP contribution in [-0.4, -0.2) is 85.0 Å². The molecule has 2 aliphatic heterocycles. The highest BCUT2D eigenvalue weighted by Gasteiger charge is 2.68. The molecule has 0 aromatic carbocycles. The Labute approximate surface area is 207 Å². The highest BCUT2D eigenvalue weighted by atomic mass is 16.7. The molecule has 196 valence electrons. The number of ether oxygens (including phenoxy) is 1. The van der Waals surface area contributed by atoms with Crippen molar-refractivity contribution in [1.82, 2.24) is 15.5 Å². The molecule has 0 aromatic heterocycles. The van der Waals surface area contributed by atoms with Crippen molar-refractivity contribution in [1.29, 1.82) is 0 Å². The van der Waals surface area contributed by atoms with Gasteiger partial charge in [0.25, 0.3) is 0 Å². The lowest BCUT2D eigenvalue weighted by Crippen LogP contribution is -2.65. The van der Waals surface area contributed by atoms with Crippen molar-refractivity contribution in [2.45, 2.75) is 84.0 Å². The maximum Gasteiger partial charge on any atom is 0.481 e. The lowest BCUT2D eigenvalue weighted by atomic mass is 9.43. The summed E-state index contributed by atoms with van der Waals surface area (Å²) < 4.78 is 18.3. The topological polar surface area (TPSA) is 126 Å². The zero-order valence-electron chi connectivity index (χ0n) is 21.5. The number of carbonyl (C=O) groups excluding carboxylic acids is 2. The molecule has 2 saturated heterocycles. The standard InChI is InChI=1S/C24H40BN3O7/c1-14(2)10-19(25-34-18-12-15-11-17(23(15,3)4)24(18,5)35-25)27-21(30)16(26-22(31)32)13-20(29)28-6-8-33-9-7-28/h14-19,26H,6-13H2,1-5H3,(H,27,30)(H,31,32)/t15-,16-,17-,18+,19+,24-/m1/s1. The molecule has 5 rings (SSSR count). The Morgan fingerprint density at radius 3 is 2.40 bits per heavy atom. The van der Waals surface area contributed by atoms with Gasteiger partial charge < -0.3 is 34.7 Å². The molecule has 35 heavy (non-hydrogen) atoms. The van der Waals surface area contributed by atoms with Crippen molar-refractivity contribution in [3.63, 3.8) is 0 Å². The van der Waals surface area contributed by atoms with Gasteiger partial charge in [-0.05, 0) is 49.4 Å². The summed E-state index contributed by atoms with van der Waals surface area (Å²) in [5.41, 5.74) is -0.204. The molecule has 0 radical (unpaired) electrons. The third-order valence-electron chi connectivity index (χ3n) is 8.71. The summed E-state index contributed by atoms with van der Waals surface area (Å²) >= 11 is 0. The predicted molar refractivity (Wildman–Crippen MR) is 128 cm³/mol. The van der Waals surface area contributed by atoms with Gasteiger partial charge in [0, 0.05) is 13.1 Å². The fourth-order valence-corrected chi connectivity index (χ4v) is 6.58. The Morgan fingerprint density at radius 1 is 1.11 bits per heavy atom. The van der Waals surface area contributed by atoms with Crippen LogP contribution in [-0.2, 0) is 23.6 Å². The van der Waals surface area contributed by atoms with E-state index in [1.54, 1.807) is 4.90 Å². The fraction of sp³-hybridized carbons (Fsp3) is 0.875. The van der Waals surface area contributed by atoms with Gasteiger partial charge in [-0.15, -0.1) is 0 Å². The summed E-state index contributed by atoms with van der Waals surface area (Å²) in [7, 11) is -0.619. The van der Waals surface area contributed by atoms with Crippen LogP contribution in [0, 0.1) is 23.2 Å². The molecule has 5 fully saturated rings. The molecule has 2 heterocycles. The van der Waals surface area contributed by atoms with E-state index in [-0.39, 0.29) is 29.8 Å². The van der Waals surface area contributed by atoms with Gasteiger partial charge in [0.15, 0.2) is 0 Å². The normalized spacial score (nSPS) is 32.9. The molecule has 0 aromatic rings. The smallest absolute Gasteiger partial charge is 0.465 e. The van der Waals surface area contributed by atoms with Crippen LogP contribution < -0.4 is 10.6 Å². The Bertz CT molecular complexity index is 834. The summed E-state index contributed by atoms with van der Waals surface area (Å²) in [5, 5.41) is 14.5. The van der Waals surface area contributed by atoms with Crippen molar-refractivity contribution in [3.05, 3.63) is 0 Å². The molecular formula is C24H40BN3O7. The van der Waals surface area contributed by atoms with Crippen LogP contribution in [0.4, 0.5) is 4.79 Å². The van der Waals surface area contributed by atoms with Gasteiger partial charge in [0.2, 0.25) is 11.8 Å². The zero-order valence-corrected chi connectivity index (χ0v) is 21.5. The second-order valence-electron chi connectivity index (χ2n) is 11.8. The highest BCUT2D eigenvalue weighted by Crippen LogP contribution is 2.65. The monoisotopic (exact) mass is 493 g/mol. The number of carbonyl (C=O) groups is 3. The second kappa shape index (κ2) is 9.90. The van der Waals surface area contributed by atoms with Crippen LogP contribution in [0.2, 0.25) is 0 Å². The number of morpholine rings is 1. The summed E-state index contributed by atoms with van der Waals surface area (Å²) in [6, 6.07) is -1.21. The molecule has 5 aliphatic rings. The Hall–Kier alpha value is -1.85. The second-order valence-corrected chi connectivity index (χ2v) is 11.8. The first-order valence-corrected chi connectivity index (χ1v) is 12.9. The summed E-state index contributed by atoms with van der Waals surface area (Å²) in [6.07, 6.45) is 1.05. The van der Waals surface area contributed by atoms with Gasteiger partial charge >= 0.3 is 13.2 Å². The number of nitrogens with one attached hydrogen (secondary N) is 2. The summed E-state index contributed by atoms with van der Waals surface area (Å²) in [5.74, 6) is -0.0307. The molecule has 3 N–H and O–H groups in total. The van der Waals surface area contributed by atoms with Gasteiger partial charge in [-0.2, -0.15) is 0 Å². The van der Waals surface area contributed by atoms with Crippen LogP contribution >= 0.6 is 0 Å². The number of hydrogen-bond donors (Lipinski definition) is 3. The van der Waals surface area contributed by atoms with Crippen LogP contribution in [0.25, 0.3) is 0 Å². The number of nitrogens with zero attached hydrogens (tertiary/aromatic N) is 1. The van der Waals surface area contributed by atoms with E-state index >= 15 is 0 Å². The van der Waals surface area contributed by atoms with Crippen molar-refractivity contribution in [3.8, 4) is 0 Å². The van der Waals surface area contributed by atoms with Gasteiger partial charge in [-0.1, -0.05) is 27.7 Å². The molecule has 10 nitrogen and oxygen atoms in total. The number of hydrogen-bond acceptors (Lipinski definition) is 6. The van der Waals surface area contributed by atoms with E-state index in [2.05, 4.69) is 45.3 Å². The first-order chi connectivity index (χ1) is 16.4. The van der Waals surface area contributed by atoms with E-state index in [1.165, 1.54) is 0 Å². The lowest BCUT2D eigenvalue weighted by molar-refractivity contribution is -0.199. The highest BCUT2D eigenvalue weighted by molar-refractivity contribution is 6.48. The maximum absolute atomic E-state index is 13.3. The molecule has 3 amide bonds. The third-order valence-corrected chi connectivity index (χ3v) is 8.71. The number of carboxylic acid groups (broad SMARTS) is 1. The summed E-state index contributed by atoms with van der Waals surface area (Å²) in [6.45, 7) is 12.5. The molecular weight excluding hydrogens is 453 g/mol. The first-order valence-electron chi connectivity index (χ1n) is 12.9. The Kier molecular flexibility index (Phi) is 7.42. The molecule has 3 aliphatic carbocycles. The maximum atomic E-state index is 13.3. The minimum atomic E-state index is -1.35. The lowest BCUT2D eigenvalue weighted by Gasteiger charge is -2.64. The van der Waals surface area contributed by atoms with Gasteiger partial charge in [-0.3, -0.25) is 9.59 Å². The minimum absolute atomic E-state index is 0.0216. The largest absolute Gasteiger partial charge is 0.481 e. The molecule has 6 atom stereocenters. The van der Waals surface area contributed by atoms with Crippen LogP contribution in [0.1, 0.15) is 60.3 Å². The minimum Gasteiger partial charge on any atom is -0.465 e. The van der Waals surface area contributed by atoms with Crippen molar-refractivity contribution in [2.24, 2.45) is 23.2 Å². The van der Waals surface area contributed by atoms with E-state index in [0.717, 1.165) is 12.8 Å². The molecule has 2 bridgehead atoms. The quantitative estimate of drug-likeness (QED) is 0.439. The van der Waals surface area contributed by atoms with Crippen LogP contribution in [0.3, 0.4) is 0 Å². The average molecular weight is 493 g/mol. The van der Waals surface area contributed by atoms with Gasteiger partial charge in [0.1, 0.15) is 6.04 Å². The van der Waals surface area contributed by atoms with Crippen LogP contribution in [0.15, 0.2) is 0 Å². The van der Waals surface area contributed by atoms with E-state index in [9.17, 15) is 19.5 Å². The molecule has 0 spiro atoms. The van der Waals surface area contributed by atoms with Gasteiger partial charge in [-0.25, -0.2) is 4.79 Å². The first kappa shape index (κ1) is 26.2. The van der Waals surface area contributed by atoms with Crippen molar-refractivity contribution >= 4 is 25.0 Å². The molecule has 0 unspecified atom stereocenters. The third kappa shape index (κ3) is 5.18. The zero-order chi connectivity index (χ0) is 25.5. The average Bonchev–Trinajstić information content (AvgIpc) is 3.15. The van der Waals surface area contributed by atoms with E-state index in [1.807, 2.05) is 0 Å². The van der Waals surface area contributed by atoms with Crippen LogP contribution in [0.5, 0.6) is 0 Å². The van der Waals surface area contributed by atoms with E-state index in [4.69, 9.17) is 14.0 Å². The van der Waals surface area contributed by atoms with Gasteiger partial charge in [0.05, 0.1) is 37.3 Å². The summed E-state index contributed by atoms with van der Waals surface area (Å²) in [4.78, 5) is 39.0. The van der Waals surface area contributed by atoms with E-state index < -0.39 is 36.7 Å². The molecule has 11 heteroatoms. The Morgan fingerprint density at radius 2 is 1.80 bits per heavy atom. The molecule has 3 saturated carbocycles. The Balaban J connectivity index is 1.45. The predicted octanol–water partition coefficient (Wildman–Crippen LogP) is 1.67. The van der Waals surface area contributed by atoms with E-state index in [0.29, 0.717) is 44.6 Å². The van der Waals surface area contributed by atoms with Crippen molar-refractivity contribution in [2.75, 3.05) is 26.3 Å². The van der Waals surface area contributed by atoms with Crippen molar-refractivity contribution < 1.29 is 33.5 Å². The number of rotatable bonds is 8. The number of amides is 3. The SMILES string of the molecule is CC(C)C[C@H](NC(=O)[C@@H](CC(=O)N1CCOCC1)NC(=O)O)B1O[C@H]2C[C@H]3C[C@H](C3(C)C)[C@@]2(C)O1. The fourth-order valence-electron chi connectivity index (χ4n) is 6.58.